The Morgan fingerprint density at radius 1 is 1.13 bits per heavy atom. The molecule has 3 aromatic carbocycles. The number of phenols is 1. The summed E-state index contributed by atoms with van der Waals surface area (Å²) in [4.78, 5) is 32.6. The van der Waals surface area contributed by atoms with Gasteiger partial charge in [-0.1, -0.05) is 6.07 Å². The smallest absolute Gasteiger partial charge is 0.270 e. The molecule has 3 N–H and O–H groups in total. The molecule has 9 nitrogen and oxygen atoms in total. The number of carbonyl (C=O) groups excluding carboxylic acids is 1. The van der Waals surface area contributed by atoms with Gasteiger partial charge in [0.05, 0.1) is 21.5 Å². The van der Waals surface area contributed by atoms with E-state index in [4.69, 9.17) is 0 Å². The van der Waals surface area contributed by atoms with Gasteiger partial charge in [-0.15, -0.1) is 0 Å². The van der Waals surface area contributed by atoms with Crippen LogP contribution in [-0.2, 0) is 0 Å². The average Bonchev–Trinajstić information content (AvgIpc) is 3.17. The molecule has 0 aliphatic carbocycles. The number of anilines is 2. The highest BCUT2D eigenvalue weighted by Crippen LogP contribution is 2.32. The minimum atomic E-state index is -0.542. The maximum atomic E-state index is 12.7. The summed E-state index contributed by atoms with van der Waals surface area (Å²) in [5.74, 6) is -0.156. The molecule has 0 aliphatic rings. The summed E-state index contributed by atoms with van der Waals surface area (Å²) in [6, 6.07) is 16.2. The summed E-state index contributed by atoms with van der Waals surface area (Å²) in [5.41, 5.74) is 3.21. The van der Waals surface area contributed by atoms with Crippen LogP contribution in [-0.4, -0.2) is 40.0 Å². The SMILES string of the molecule is CN(C)c1cccc(NC(=O)c2ccc3[nH]c(-c4cc([N+](=O)[O-])ccc4O)nc3c2)c1. The van der Waals surface area contributed by atoms with E-state index < -0.39 is 4.92 Å². The Balaban J connectivity index is 1.64. The maximum absolute atomic E-state index is 12.7. The summed E-state index contributed by atoms with van der Waals surface area (Å²) < 4.78 is 0. The molecule has 0 fully saturated rings. The number of aromatic nitrogens is 2. The Morgan fingerprint density at radius 2 is 1.94 bits per heavy atom. The lowest BCUT2D eigenvalue weighted by Crippen LogP contribution is -2.13. The molecule has 0 aliphatic heterocycles. The second-order valence-electron chi connectivity index (χ2n) is 7.17. The molecule has 0 bridgehead atoms. The lowest BCUT2D eigenvalue weighted by Gasteiger charge is -2.14. The first-order valence-electron chi connectivity index (χ1n) is 9.38. The minimum absolute atomic E-state index is 0.136. The van der Waals surface area contributed by atoms with Crippen molar-refractivity contribution in [1.29, 1.82) is 0 Å². The van der Waals surface area contributed by atoms with E-state index in [1.165, 1.54) is 18.2 Å². The number of H-pyrrole nitrogens is 1. The number of imidazole rings is 1. The minimum Gasteiger partial charge on any atom is -0.507 e. The van der Waals surface area contributed by atoms with E-state index in [0.29, 0.717) is 22.3 Å². The van der Waals surface area contributed by atoms with E-state index in [1.807, 2.05) is 37.2 Å². The van der Waals surface area contributed by atoms with Crippen molar-refractivity contribution in [3.8, 4) is 17.1 Å². The molecule has 1 heterocycles. The predicted octanol–water partition coefficient (Wildman–Crippen LogP) is 4.16. The number of hydrogen-bond acceptors (Lipinski definition) is 6. The number of phenolic OH excluding ortho intramolecular Hbond substituents is 1. The standard InChI is InChI=1S/C22H19N5O4/c1-26(2)15-5-3-4-14(11-15)23-22(29)13-6-8-18-19(10-13)25-21(24-18)17-12-16(27(30)31)7-9-20(17)28/h3-12,28H,1-2H3,(H,23,29)(H,24,25). The molecule has 31 heavy (non-hydrogen) atoms. The number of nitro groups is 1. The predicted molar refractivity (Wildman–Crippen MR) is 119 cm³/mol. The molecule has 1 aromatic heterocycles. The molecule has 156 valence electrons. The van der Waals surface area contributed by atoms with Crippen molar-refractivity contribution in [2.24, 2.45) is 0 Å². The number of nitrogens with one attached hydrogen (secondary N) is 2. The Labute approximate surface area is 177 Å². The summed E-state index contributed by atoms with van der Waals surface area (Å²) in [7, 11) is 3.84. The van der Waals surface area contributed by atoms with Crippen molar-refractivity contribution in [1.82, 2.24) is 9.97 Å². The molecule has 4 rings (SSSR count). The van der Waals surface area contributed by atoms with E-state index in [-0.39, 0.29) is 28.7 Å². The number of aromatic hydroxyl groups is 1. The summed E-state index contributed by atoms with van der Waals surface area (Å²) in [6.07, 6.45) is 0. The van der Waals surface area contributed by atoms with Gasteiger partial charge in [-0.3, -0.25) is 14.9 Å². The third-order valence-electron chi connectivity index (χ3n) is 4.81. The highest BCUT2D eigenvalue weighted by atomic mass is 16.6. The van der Waals surface area contributed by atoms with Crippen molar-refractivity contribution in [3.63, 3.8) is 0 Å². The maximum Gasteiger partial charge on any atom is 0.270 e. The van der Waals surface area contributed by atoms with Crippen LogP contribution in [0.5, 0.6) is 5.75 Å². The lowest BCUT2D eigenvalue weighted by molar-refractivity contribution is -0.384. The van der Waals surface area contributed by atoms with Crippen LogP contribution in [0.25, 0.3) is 22.4 Å². The van der Waals surface area contributed by atoms with E-state index in [0.717, 1.165) is 5.69 Å². The highest BCUT2D eigenvalue weighted by Gasteiger charge is 2.16. The van der Waals surface area contributed by atoms with E-state index in [1.54, 1.807) is 24.3 Å². The second kappa shape index (κ2) is 7.79. The van der Waals surface area contributed by atoms with Crippen LogP contribution in [0.15, 0.2) is 60.7 Å². The van der Waals surface area contributed by atoms with E-state index in [9.17, 15) is 20.0 Å². The molecule has 0 saturated carbocycles. The zero-order chi connectivity index (χ0) is 22.1. The Kier molecular flexibility index (Phi) is 5.00. The fourth-order valence-corrected chi connectivity index (χ4v) is 3.17. The van der Waals surface area contributed by atoms with Gasteiger partial charge in [0.25, 0.3) is 11.6 Å². The zero-order valence-electron chi connectivity index (χ0n) is 16.8. The number of nitro benzene ring substituents is 1. The van der Waals surface area contributed by atoms with Gasteiger partial charge >= 0.3 is 0 Å². The first-order chi connectivity index (χ1) is 14.8. The van der Waals surface area contributed by atoms with Crippen molar-refractivity contribution in [2.45, 2.75) is 0 Å². The molecule has 9 heteroatoms. The number of benzene rings is 3. The third-order valence-corrected chi connectivity index (χ3v) is 4.81. The molecule has 0 unspecified atom stereocenters. The number of nitrogens with zero attached hydrogens (tertiary/aromatic N) is 3. The van der Waals surface area contributed by atoms with Crippen LogP contribution in [0.4, 0.5) is 17.1 Å². The molecule has 0 saturated heterocycles. The van der Waals surface area contributed by atoms with Gasteiger partial charge in [0.15, 0.2) is 0 Å². The van der Waals surface area contributed by atoms with Crippen LogP contribution in [0.2, 0.25) is 0 Å². The molecule has 4 aromatic rings. The lowest BCUT2D eigenvalue weighted by atomic mass is 10.1. The normalized spacial score (nSPS) is 10.8. The van der Waals surface area contributed by atoms with Crippen LogP contribution in [0, 0.1) is 10.1 Å². The molecule has 0 spiro atoms. The number of non-ortho nitro benzene ring substituents is 1. The van der Waals surface area contributed by atoms with Gasteiger partial charge in [-0.2, -0.15) is 0 Å². The van der Waals surface area contributed by atoms with Gasteiger partial charge in [-0.25, -0.2) is 4.98 Å². The van der Waals surface area contributed by atoms with Crippen molar-refractivity contribution < 1.29 is 14.8 Å². The summed E-state index contributed by atoms with van der Waals surface area (Å²) in [5, 5.41) is 24.0. The molecule has 0 radical (unpaired) electrons. The number of amides is 1. The van der Waals surface area contributed by atoms with Gasteiger partial charge < -0.3 is 20.3 Å². The van der Waals surface area contributed by atoms with Gasteiger partial charge in [-0.05, 0) is 42.5 Å². The van der Waals surface area contributed by atoms with E-state index >= 15 is 0 Å². The monoisotopic (exact) mass is 417 g/mol. The Morgan fingerprint density at radius 3 is 2.68 bits per heavy atom. The van der Waals surface area contributed by atoms with Gasteiger partial charge in [0, 0.05) is 43.2 Å². The van der Waals surface area contributed by atoms with Crippen molar-refractivity contribution in [2.75, 3.05) is 24.3 Å². The number of rotatable bonds is 5. The van der Waals surface area contributed by atoms with Gasteiger partial charge in [0.1, 0.15) is 11.6 Å². The fourth-order valence-electron chi connectivity index (χ4n) is 3.17. The van der Waals surface area contributed by atoms with Crippen molar-refractivity contribution >= 4 is 34.0 Å². The van der Waals surface area contributed by atoms with Crippen molar-refractivity contribution in [3.05, 3.63) is 76.3 Å². The number of aromatic amines is 1. The fraction of sp³-hybridized carbons (Fsp3) is 0.0909. The Bertz CT molecular complexity index is 1310. The van der Waals surface area contributed by atoms with Crippen LogP contribution >= 0.6 is 0 Å². The van der Waals surface area contributed by atoms with Gasteiger partial charge in [0.2, 0.25) is 0 Å². The number of hydrogen-bond donors (Lipinski definition) is 3. The largest absolute Gasteiger partial charge is 0.507 e. The average molecular weight is 417 g/mol. The first kappa shape index (κ1) is 19.9. The number of fused-ring (bicyclic) bond motifs is 1. The molecular weight excluding hydrogens is 398 g/mol. The second-order valence-corrected chi connectivity index (χ2v) is 7.17. The summed E-state index contributed by atoms with van der Waals surface area (Å²) in [6.45, 7) is 0. The highest BCUT2D eigenvalue weighted by molar-refractivity contribution is 6.06. The molecular formula is C22H19N5O4. The van der Waals surface area contributed by atoms with Crippen LogP contribution < -0.4 is 10.2 Å². The quantitative estimate of drug-likeness (QED) is 0.331. The van der Waals surface area contributed by atoms with E-state index in [2.05, 4.69) is 15.3 Å². The molecule has 1 amide bonds. The first-order valence-corrected chi connectivity index (χ1v) is 9.38. The number of carbonyl (C=O) groups is 1. The Hall–Kier alpha value is -4.40. The zero-order valence-corrected chi connectivity index (χ0v) is 16.8. The molecule has 0 atom stereocenters. The van der Waals surface area contributed by atoms with Crippen LogP contribution in [0.3, 0.4) is 0 Å². The van der Waals surface area contributed by atoms with Crippen LogP contribution in [0.1, 0.15) is 10.4 Å². The summed E-state index contributed by atoms with van der Waals surface area (Å²) >= 11 is 0. The third kappa shape index (κ3) is 4.01. The topological polar surface area (TPSA) is 124 Å².